The molecule has 1 unspecified atom stereocenters. The molecule has 0 saturated carbocycles. The predicted octanol–water partition coefficient (Wildman–Crippen LogP) is 2.91. The minimum absolute atomic E-state index is 0. The van der Waals surface area contributed by atoms with Gasteiger partial charge in [0.1, 0.15) is 9.84 Å². The van der Waals surface area contributed by atoms with Crippen LogP contribution in [0.5, 0.6) is 0 Å². The summed E-state index contributed by atoms with van der Waals surface area (Å²) in [7, 11) is -2.93. The number of likely N-dealkylation sites (tertiary alicyclic amines) is 1. The van der Waals surface area contributed by atoms with Gasteiger partial charge in [0, 0.05) is 37.3 Å². The molecule has 2 rings (SSSR count). The molecule has 2 N–H and O–H groups in total. The number of aryl methyl sites for hydroxylation is 1. The number of aliphatic imine (C=N–C) groups is 1. The van der Waals surface area contributed by atoms with Crippen LogP contribution in [0.3, 0.4) is 0 Å². The van der Waals surface area contributed by atoms with E-state index in [4.69, 9.17) is 4.99 Å². The normalized spacial score (nSPS) is 17.4. The molecular weight excluding hydrogens is 533 g/mol. The molecule has 0 aliphatic carbocycles. The molecule has 1 fully saturated rings. The van der Waals surface area contributed by atoms with Gasteiger partial charge in [0.25, 0.3) is 0 Å². The molecule has 0 radical (unpaired) electrons. The van der Waals surface area contributed by atoms with E-state index in [1.807, 2.05) is 13.8 Å². The summed E-state index contributed by atoms with van der Waals surface area (Å²) < 4.78 is 22.7. The van der Waals surface area contributed by atoms with Gasteiger partial charge in [-0.2, -0.15) is 0 Å². The second kappa shape index (κ2) is 13.8. The van der Waals surface area contributed by atoms with E-state index in [2.05, 4.69) is 32.8 Å². The number of rotatable bonds is 10. The molecule has 0 amide bonds. The lowest BCUT2D eigenvalue weighted by Crippen LogP contribution is -2.43. The van der Waals surface area contributed by atoms with E-state index >= 15 is 0 Å². The number of nitrogens with one attached hydrogen (secondary N) is 2. The Labute approximate surface area is 203 Å². The Morgan fingerprint density at radius 1 is 1.37 bits per heavy atom. The molecule has 174 valence electrons. The number of halogens is 1. The molecule has 1 atom stereocenters. The fourth-order valence-electron chi connectivity index (χ4n) is 3.38. The molecule has 10 heteroatoms. The second-order valence-corrected chi connectivity index (χ2v) is 11.2. The van der Waals surface area contributed by atoms with E-state index in [1.54, 1.807) is 11.3 Å². The Hall–Kier alpha value is -0.460. The van der Waals surface area contributed by atoms with E-state index < -0.39 is 9.84 Å². The second-order valence-electron chi connectivity index (χ2n) is 7.99. The van der Waals surface area contributed by atoms with Crippen LogP contribution in [-0.4, -0.2) is 68.5 Å². The highest BCUT2D eigenvalue weighted by molar-refractivity contribution is 14.0. The first-order valence-corrected chi connectivity index (χ1v) is 13.6. The molecule has 0 bridgehead atoms. The van der Waals surface area contributed by atoms with Crippen LogP contribution < -0.4 is 10.6 Å². The standard InChI is InChI=1S/C20H37N5O2S2.HI/c1-5-19-24-18(15-28-19)14-25-10-7-17(8-11-25)13-22-20(21-6-2)23-16(3)9-12-29(4,26)27;/h15-17H,5-14H2,1-4H3,(H2,21,22,23);1H. The highest BCUT2D eigenvalue weighted by atomic mass is 127. The van der Waals surface area contributed by atoms with Gasteiger partial charge in [0.05, 0.1) is 16.5 Å². The van der Waals surface area contributed by atoms with Gasteiger partial charge >= 0.3 is 0 Å². The molecular formula is C20H38IN5O2S2. The zero-order chi connectivity index (χ0) is 21.3. The molecule has 1 aliphatic rings. The maximum atomic E-state index is 11.4. The lowest BCUT2D eigenvalue weighted by molar-refractivity contribution is 0.179. The Morgan fingerprint density at radius 2 is 2.07 bits per heavy atom. The van der Waals surface area contributed by atoms with Crippen LogP contribution in [-0.2, 0) is 22.8 Å². The predicted molar refractivity (Wildman–Crippen MR) is 138 cm³/mol. The Kier molecular flexibility index (Phi) is 12.7. The van der Waals surface area contributed by atoms with Crippen LogP contribution >= 0.6 is 35.3 Å². The van der Waals surface area contributed by atoms with E-state index in [9.17, 15) is 8.42 Å². The number of guanidine groups is 1. The fraction of sp³-hybridized carbons (Fsp3) is 0.800. The van der Waals surface area contributed by atoms with Gasteiger partial charge in [-0.1, -0.05) is 6.92 Å². The summed E-state index contributed by atoms with van der Waals surface area (Å²) in [5.74, 6) is 1.57. The van der Waals surface area contributed by atoms with Crippen LogP contribution in [0.1, 0.15) is 50.7 Å². The lowest BCUT2D eigenvalue weighted by atomic mass is 9.97. The minimum Gasteiger partial charge on any atom is -0.357 e. The van der Waals surface area contributed by atoms with E-state index in [0.717, 1.165) is 57.9 Å². The van der Waals surface area contributed by atoms with Crippen LogP contribution in [0.4, 0.5) is 0 Å². The number of aromatic nitrogens is 1. The zero-order valence-electron chi connectivity index (χ0n) is 18.7. The van der Waals surface area contributed by atoms with Gasteiger partial charge in [0.2, 0.25) is 0 Å². The number of hydrogen-bond acceptors (Lipinski definition) is 6. The van der Waals surface area contributed by atoms with Gasteiger partial charge < -0.3 is 10.6 Å². The van der Waals surface area contributed by atoms with E-state index in [-0.39, 0.29) is 35.8 Å². The van der Waals surface area contributed by atoms with Crippen molar-refractivity contribution in [1.29, 1.82) is 0 Å². The van der Waals surface area contributed by atoms with Crippen molar-refractivity contribution in [2.45, 2.75) is 59.0 Å². The van der Waals surface area contributed by atoms with Crippen molar-refractivity contribution in [1.82, 2.24) is 20.5 Å². The molecule has 30 heavy (non-hydrogen) atoms. The molecule has 0 spiro atoms. The third-order valence-electron chi connectivity index (χ3n) is 5.15. The summed E-state index contributed by atoms with van der Waals surface area (Å²) in [6.07, 6.45) is 5.18. The maximum Gasteiger partial charge on any atom is 0.191 e. The Bertz CT molecular complexity index is 746. The average Bonchev–Trinajstić information content (AvgIpc) is 3.13. The highest BCUT2D eigenvalue weighted by Gasteiger charge is 2.20. The molecule has 1 aliphatic heterocycles. The lowest BCUT2D eigenvalue weighted by Gasteiger charge is -2.31. The van der Waals surface area contributed by atoms with Crippen LogP contribution in [0.15, 0.2) is 10.4 Å². The first-order valence-electron chi connectivity index (χ1n) is 10.7. The number of thiazole rings is 1. The molecule has 0 aromatic carbocycles. The van der Waals surface area contributed by atoms with E-state index in [1.165, 1.54) is 17.0 Å². The largest absolute Gasteiger partial charge is 0.357 e. The van der Waals surface area contributed by atoms with Crippen molar-refractivity contribution < 1.29 is 8.42 Å². The number of piperidine rings is 1. The van der Waals surface area contributed by atoms with Crippen LogP contribution in [0.25, 0.3) is 0 Å². The van der Waals surface area contributed by atoms with Crippen molar-refractivity contribution in [3.8, 4) is 0 Å². The monoisotopic (exact) mass is 571 g/mol. The summed E-state index contributed by atoms with van der Waals surface area (Å²) in [6, 6.07) is 0.0653. The van der Waals surface area contributed by atoms with Crippen molar-refractivity contribution in [2.24, 2.45) is 10.9 Å². The SMILES string of the molecule is CCNC(=NCC1CCN(Cc2csc(CC)n2)CC1)NC(C)CCS(C)(=O)=O.I. The zero-order valence-corrected chi connectivity index (χ0v) is 22.6. The Balaban J connectivity index is 0.00000450. The smallest absolute Gasteiger partial charge is 0.191 e. The van der Waals surface area contributed by atoms with Crippen molar-refractivity contribution >= 4 is 51.1 Å². The minimum atomic E-state index is -2.93. The maximum absolute atomic E-state index is 11.4. The summed E-state index contributed by atoms with van der Waals surface area (Å²) >= 11 is 1.76. The summed E-state index contributed by atoms with van der Waals surface area (Å²) in [4.78, 5) is 11.9. The van der Waals surface area contributed by atoms with Gasteiger partial charge in [-0.25, -0.2) is 13.4 Å². The van der Waals surface area contributed by atoms with Crippen LogP contribution in [0, 0.1) is 5.92 Å². The van der Waals surface area contributed by atoms with Gasteiger partial charge in [-0.15, -0.1) is 35.3 Å². The van der Waals surface area contributed by atoms with Crippen molar-refractivity contribution in [3.63, 3.8) is 0 Å². The van der Waals surface area contributed by atoms with Crippen molar-refractivity contribution in [3.05, 3.63) is 16.1 Å². The van der Waals surface area contributed by atoms with Crippen molar-refractivity contribution in [2.75, 3.05) is 38.2 Å². The number of sulfone groups is 1. The first kappa shape index (κ1) is 27.6. The number of nitrogens with zero attached hydrogens (tertiary/aromatic N) is 3. The average molecular weight is 572 g/mol. The van der Waals surface area contributed by atoms with Gasteiger partial charge in [-0.3, -0.25) is 9.89 Å². The third-order valence-corrected chi connectivity index (χ3v) is 7.17. The quantitative estimate of drug-likeness (QED) is 0.255. The van der Waals surface area contributed by atoms with E-state index in [0.29, 0.717) is 12.3 Å². The summed E-state index contributed by atoms with van der Waals surface area (Å²) in [6.45, 7) is 10.9. The molecule has 1 aromatic heterocycles. The van der Waals surface area contributed by atoms with Crippen LogP contribution in [0.2, 0.25) is 0 Å². The summed E-state index contributed by atoms with van der Waals surface area (Å²) in [5, 5.41) is 10.0. The topological polar surface area (TPSA) is 86.7 Å². The fourth-order valence-corrected chi connectivity index (χ4v) is 4.89. The molecule has 1 saturated heterocycles. The van der Waals surface area contributed by atoms with Gasteiger partial charge in [0.15, 0.2) is 5.96 Å². The molecule has 7 nitrogen and oxygen atoms in total. The molecule has 1 aromatic rings. The van der Waals surface area contributed by atoms with Gasteiger partial charge in [-0.05, 0) is 58.5 Å². The molecule has 2 heterocycles. The highest BCUT2D eigenvalue weighted by Crippen LogP contribution is 2.20. The first-order chi connectivity index (χ1) is 13.8. The Morgan fingerprint density at radius 3 is 2.63 bits per heavy atom. The number of hydrogen-bond donors (Lipinski definition) is 2. The summed E-state index contributed by atoms with van der Waals surface area (Å²) in [5.41, 5.74) is 1.20. The third kappa shape index (κ3) is 10.7.